The SMILES string of the molecule is O=Cc1c(Br)cc2sccc2c1Br. The second-order valence-corrected chi connectivity index (χ2v) is 5.13. The van der Waals surface area contributed by atoms with E-state index in [-0.39, 0.29) is 0 Å². The summed E-state index contributed by atoms with van der Waals surface area (Å²) in [7, 11) is 0. The minimum absolute atomic E-state index is 0.672. The van der Waals surface area contributed by atoms with E-state index in [9.17, 15) is 4.79 Å². The van der Waals surface area contributed by atoms with Gasteiger partial charge >= 0.3 is 0 Å². The van der Waals surface area contributed by atoms with E-state index in [1.165, 1.54) is 4.70 Å². The molecular formula is C9H4Br2OS. The minimum atomic E-state index is 0.672. The molecule has 0 saturated carbocycles. The van der Waals surface area contributed by atoms with Crippen LogP contribution in [0, 0.1) is 0 Å². The molecule has 0 aliphatic carbocycles. The molecule has 0 aliphatic heterocycles. The average molecular weight is 320 g/mol. The predicted molar refractivity (Wildman–Crippen MR) is 62.6 cm³/mol. The normalized spacial score (nSPS) is 10.6. The predicted octanol–water partition coefficient (Wildman–Crippen LogP) is 4.24. The van der Waals surface area contributed by atoms with Crippen LogP contribution in [0.3, 0.4) is 0 Å². The molecule has 2 aromatic rings. The molecule has 0 unspecified atom stereocenters. The highest BCUT2D eigenvalue weighted by atomic mass is 79.9. The van der Waals surface area contributed by atoms with Crippen LogP contribution >= 0.6 is 43.2 Å². The Hall–Kier alpha value is -0.190. The standard InChI is InChI=1S/C9H4Br2OS/c10-7-3-8-5(1-2-13-8)9(11)6(7)4-12/h1-4H. The Bertz CT molecular complexity index is 476. The van der Waals surface area contributed by atoms with E-state index in [0.29, 0.717) is 5.56 Å². The largest absolute Gasteiger partial charge is 0.298 e. The lowest BCUT2D eigenvalue weighted by atomic mass is 10.2. The molecule has 0 fully saturated rings. The van der Waals surface area contributed by atoms with E-state index in [1.807, 2.05) is 17.5 Å². The van der Waals surface area contributed by atoms with Crippen LogP contribution in [0.15, 0.2) is 26.5 Å². The maximum absolute atomic E-state index is 10.8. The monoisotopic (exact) mass is 318 g/mol. The van der Waals surface area contributed by atoms with E-state index in [2.05, 4.69) is 31.9 Å². The Morgan fingerprint density at radius 2 is 2.15 bits per heavy atom. The van der Waals surface area contributed by atoms with Crippen LogP contribution in [0.5, 0.6) is 0 Å². The van der Waals surface area contributed by atoms with Gasteiger partial charge in [0, 0.05) is 24.6 Å². The molecule has 0 atom stereocenters. The van der Waals surface area contributed by atoms with Crippen LogP contribution < -0.4 is 0 Å². The van der Waals surface area contributed by atoms with Gasteiger partial charge in [-0.1, -0.05) is 0 Å². The molecule has 0 radical (unpaired) electrons. The van der Waals surface area contributed by atoms with Gasteiger partial charge in [0.05, 0.1) is 0 Å². The number of halogens is 2. The zero-order valence-electron chi connectivity index (χ0n) is 6.38. The summed E-state index contributed by atoms with van der Waals surface area (Å²) in [6, 6.07) is 3.97. The van der Waals surface area contributed by atoms with Crippen LogP contribution in [-0.2, 0) is 0 Å². The summed E-state index contributed by atoms with van der Waals surface area (Å²) < 4.78 is 2.88. The number of rotatable bonds is 1. The third-order valence-electron chi connectivity index (χ3n) is 1.80. The van der Waals surface area contributed by atoms with E-state index in [4.69, 9.17) is 0 Å². The van der Waals surface area contributed by atoms with Crippen molar-refractivity contribution in [3.05, 3.63) is 32.0 Å². The van der Waals surface area contributed by atoms with Crippen molar-refractivity contribution in [1.29, 1.82) is 0 Å². The highest BCUT2D eigenvalue weighted by molar-refractivity contribution is 9.11. The number of hydrogen-bond donors (Lipinski definition) is 0. The molecule has 1 aromatic carbocycles. The molecule has 1 nitrogen and oxygen atoms in total. The van der Waals surface area contributed by atoms with Crippen LogP contribution in [-0.4, -0.2) is 6.29 Å². The van der Waals surface area contributed by atoms with Gasteiger partial charge in [-0.3, -0.25) is 4.79 Å². The number of carbonyl (C=O) groups excluding carboxylic acids is 1. The lowest BCUT2D eigenvalue weighted by Crippen LogP contribution is -1.84. The van der Waals surface area contributed by atoms with Crippen molar-refractivity contribution in [2.24, 2.45) is 0 Å². The Kier molecular flexibility index (Phi) is 2.53. The molecule has 13 heavy (non-hydrogen) atoms. The fraction of sp³-hybridized carbons (Fsp3) is 0. The molecule has 0 saturated heterocycles. The Morgan fingerprint density at radius 3 is 2.85 bits per heavy atom. The van der Waals surface area contributed by atoms with E-state index < -0.39 is 0 Å². The smallest absolute Gasteiger partial charge is 0.152 e. The van der Waals surface area contributed by atoms with E-state index >= 15 is 0 Å². The summed E-state index contributed by atoms with van der Waals surface area (Å²) in [6.45, 7) is 0. The first-order valence-electron chi connectivity index (χ1n) is 3.54. The average Bonchev–Trinajstić information content (AvgIpc) is 2.53. The molecule has 0 bridgehead atoms. The highest BCUT2D eigenvalue weighted by Gasteiger charge is 2.09. The van der Waals surface area contributed by atoms with Crippen LogP contribution in [0.2, 0.25) is 0 Å². The second kappa shape index (κ2) is 3.52. The third-order valence-corrected chi connectivity index (χ3v) is 4.18. The molecule has 4 heteroatoms. The molecule has 1 heterocycles. The minimum Gasteiger partial charge on any atom is -0.298 e. The summed E-state index contributed by atoms with van der Waals surface area (Å²) in [5.74, 6) is 0. The van der Waals surface area contributed by atoms with Crippen LogP contribution in [0.1, 0.15) is 10.4 Å². The lowest BCUT2D eigenvalue weighted by Gasteiger charge is -2.01. The summed E-state index contributed by atoms with van der Waals surface area (Å²) in [4.78, 5) is 10.8. The van der Waals surface area contributed by atoms with Crippen molar-refractivity contribution in [2.75, 3.05) is 0 Å². The van der Waals surface area contributed by atoms with Crippen molar-refractivity contribution < 1.29 is 4.79 Å². The zero-order valence-corrected chi connectivity index (χ0v) is 10.4. The van der Waals surface area contributed by atoms with E-state index in [0.717, 1.165) is 20.6 Å². The van der Waals surface area contributed by atoms with Crippen molar-refractivity contribution in [1.82, 2.24) is 0 Å². The number of carbonyl (C=O) groups is 1. The van der Waals surface area contributed by atoms with Gasteiger partial charge in [0.1, 0.15) is 0 Å². The Labute approximate surface area is 96.0 Å². The van der Waals surface area contributed by atoms with Gasteiger partial charge in [-0.05, 0) is 49.4 Å². The van der Waals surface area contributed by atoms with Crippen molar-refractivity contribution in [3.8, 4) is 0 Å². The first-order valence-corrected chi connectivity index (χ1v) is 6.01. The molecule has 1 aromatic heterocycles. The summed E-state index contributed by atoms with van der Waals surface area (Å²) >= 11 is 8.43. The van der Waals surface area contributed by atoms with Gasteiger partial charge in [0.25, 0.3) is 0 Å². The second-order valence-electron chi connectivity index (χ2n) is 2.54. The zero-order chi connectivity index (χ0) is 9.42. The Morgan fingerprint density at radius 1 is 1.38 bits per heavy atom. The first-order chi connectivity index (χ1) is 6.24. The van der Waals surface area contributed by atoms with Gasteiger partial charge in [0.15, 0.2) is 6.29 Å². The van der Waals surface area contributed by atoms with Crippen molar-refractivity contribution >= 4 is 59.6 Å². The maximum atomic E-state index is 10.8. The molecule has 66 valence electrons. The third kappa shape index (κ3) is 1.47. The number of fused-ring (bicyclic) bond motifs is 1. The molecule has 2 rings (SSSR count). The van der Waals surface area contributed by atoms with Gasteiger partial charge in [-0.25, -0.2) is 0 Å². The summed E-state index contributed by atoms with van der Waals surface area (Å²) in [5.41, 5.74) is 0.672. The van der Waals surface area contributed by atoms with Gasteiger partial charge < -0.3 is 0 Å². The summed E-state index contributed by atoms with van der Waals surface area (Å²) in [5, 5.41) is 3.10. The quantitative estimate of drug-likeness (QED) is 0.719. The number of hydrogen-bond acceptors (Lipinski definition) is 2. The molecule has 0 aliphatic rings. The number of thiophene rings is 1. The van der Waals surface area contributed by atoms with Gasteiger partial charge in [0.2, 0.25) is 0 Å². The first kappa shape index (κ1) is 9.37. The number of aldehydes is 1. The van der Waals surface area contributed by atoms with Gasteiger partial charge in [-0.15, -0.1) is 11.3 Å². The lowest BCUT2D eigenvalue weighted by molar-refractivity contribution is 0.112. The van der Waals surface area contributed by atoms with Crippen molar-refractivity contribution in [2.45, 2.75) is 0 Å². The highest BCUT2D eigenvalue weighted by Crippen LogP contribution is 2.35. The van der Waals surface area contributed by atoms with Crippen LogP contribution in [0.25, 0.3) is 10.1 Å². The van der Waals surface area contributed by atoms with Crippen LogP contribution in [0.4, 0.5) is 0 Å². The number of benzene rings is 1. The topological polar surface area (TPSA) is 17.1 Å². The Balaban J connectivity index is 2.92. The fourth-order valence-electron chi connectivity index (χ4n) is 1.16. The van der Waals surface area contributed by atoms with Gasteiger partial charge in [-0.2, -0.15) is 0 Å². The molecule has 0 amide bonds. The molecule has 0 N–H and O–H groups in total. The van der Waals surface area contributed by atoms with E-state index in [1.54, 1.807) is 11.3 Å². The van der Waals surface area contributed by atoms with Crippen molar-refractivity contribution in [3.63, 3.8) is 0 Å². The molecular weight excluding hydrogens is 316 g/mol. The fourth-order valence-corrected chi connectivity index (χ4v) is 3.72. The maximum Gasteiger partial charge on any atom is 0.152 e. The summed E-state index contributed by atoms with van der Waals surface area (Å²) in [6.07, 6.45) is 0.852. The molecule has 0 spiro atoms.